The summed E-state index contributed by atoms with van der Waals surface area (Å²) in [6, 6.07) is 1.73. The van der Waals surface area contributed by atoms with E-state index in [1.54, 1.807) is 6.92 Å². The molecule has 1 heterocycles. The van der Waals surface area contributed by atoms with Gasteiger partial charge in [-0.2, -0.15) is 0 Å². The van der Waals surface area contributed by atoms with E-state index in [-0.39, 0.29) is 11.1 Å². The third-order valence-electron chi connectivity index (χ3n) is 2.49. The van der Waals surface area contributed by atoms with Gasteiger partial charge in [0, 0.05) is 19.3 Å². The van der Waals surface area contributed by atoms with E-state index in [0.29, 0.717) is 6.42 Å². The molecule has 2 N–H and O–H groups in total. The summed E-state index contributed by atoms with van der Waals surface area (Å²) in [7, 11) is 1.43. The van der Waals surface area contributed by atoms with Gasteiger partial charge in [0.25, 0.3) is 5.91 Å². The second-order valence-corrected chi connectivity index (χ2v) is 3.62. The predicted octanol–water partition coefficient (Wildman–Crippen LogP) is 0.310. The largest absolute Gasteiger partial charge is 0.480 e. The third kappa shape index (κ3) is 2.93. The molecule has 1 aromatic heterocycles. The minimum atomic E-state index is -1.05. The average Bonchev–Trinajstić information content (AvgIpc) is 2.29. The molecule has 17 heavy (non-hydrogen) atoms. The lowest BCUT2D eigenvalue weighted by atomic mass is 10.1. The smallest absolute Gasteiger partial charge is 0.326 e. The Hall–Kier alpha value is -2.11. The lowest BCUT2D eigenvalue weighted by Gasteiger charge is -2.23. The van der Waals surface area contributed by atoms with Crippen LogP contribution < -0.4 is 5.56 Å². The number of aromatic nitrogens is 1. The Labute approximate surface area is 97.9 Å². The Morgan fingerprint density at radius 2 is 2.12 bits per heavy atom. The number of H-pyrrole nitrogens is 1. The van der Waals surface area contributed by atoms with Gasteiger partial charge in [-0.15, -0.1) is 0 Å². The van der Waals surface area contributed by atoms with Gasteiger partial charge in [0.05, 0.1) is 5.56 Å². The van der Waals surface area contributed by atoms with Crippen molar-refractivity contribution in [3.63, 3.8) is 0 Å². The normalized spacial score (nSPS) is 11.9. The first-order valence-corrected chi connectivity index (χ1v) is 5.16. The molecule has 0 fully saturated rings. The fraction of sp³-hybridized carbons (Fsp3) is 0.364. The van der Waals surface area contributed by atoms with E-state index in [9.17, 15) is 14.4 Å². The Balaban J connectivity index is 2.92. The summed E-state index contributed by atoms with van der Waals surface area (Å²) in [5.41, 5.74) is -0.0544. The molecule has 6 heteroatoms. The molecule has 92 valence electrons. The number of hydrogen-bond acceptors (Lipinski definition) is 3. The molecule has 0 aliphatic heterocycles. The molecule has 1 aromatic rings. The number of rotatable bonds is 4. The van der Waals surface area contributed by atoms with E-state index in [1.807, 2.05) is 0 Å². The number of carbonyl (C=O) groups excluding carboxylic acids is 1. The number of likely N-dealkylation sites (N-methyl/N-ethyl adjacent to an activating group) is 1. The maximum atomic E-state index is 11.9. The summed E-state index contributed by atoms with van der Waals surface area (Å²) in [6.07, 6.45) is 1.59. The zero-order valence-electron chi connectivity index (χ0n) is 9.64. The second-order valence-electron chi connectivity index (χ2n) is 3.62. The van der Waals surface area contributed by atoms with Crippen LogP contribution in [0.2, 0.25) is 0 Å². The molecule has 0 bridgehead atoms. The number of nitrogens with zero attached hydrogens (tertiary/aromatic N) is 1. The van der Waals surface area contributed by atoms with Crippen molar-refractivity contribution in [2.24, 2.45) is 0 Å². The Bertz CT molecular complexity index is 460. The standard InChI is InChI=1S/C11H14N2O4/c1-3-8(11(16)17)13(2)10(15)7-4-5-9(14)12-6-7/h4-6,8H,3H2,1-2H3,(H,12,14)(H,16,17). The predicted molar refractivity (Wildman–Crippen MR) is 60.9 cm³/mol. The summed E-state index contributed by atoms with van der Waals surface area (Å²) in [4.78, 5) is 37.2. The van der Waals surface area contributed by atoms with Gasteiger partial charge < -0.3 is 15.0 Å². The number of pyridine rings is 1. The van der Waals surface area contributed by atoms with Crippen molar-refractivity contribution in [3.8, 4) is 0 Å². The van der Waals surface area contributed by atoms with Crippen molar-refractivity contribution in [1.82, 2.24) is 9.88 Å². The Morgan fingerprint density at radius 1 is 1.47 bits per heavy atom. The van der Waals surface area contributed by atoms with Crippen LogP contribution in [0.3, 0.4) is 0 Å². The zero-order chi connectivity index (χ0) is 13.0. The van der Waals surface area contributed by atoms with E-state index < -0.39 is 17.9 Å². The number of aromatic amines is 1. The first kappa shape index (κ1) is 13.0. The van der Waals surface area contributed by atoms with Gasteiger partial charge in [-0.25, -0.2) is 4.79 Å². The summed E-state index contributed by atoms with van der Waals surface area (Å²) >= 11 is 0. The average molecular weight is 238 g/mol. The molecular weight excluding hydrogens is 224 g/mol. The summed E-state index contributed by atoms with van der Waals surface area (Å²) < 4.78 is 0. The van der Waals surface area contributed by atoms with Gasteiger partial charge in [-0.1, -0.05) is 6.92 Å². The van der Waals surface area contributed by atoms with E-state index in [1.165, 1.54) is 25.4 Å². The van der Waals surface area contributed by atoms with Crippen LogP contribution in [0.25, 0.3) is 0 Å². The minimum absolute atomic E-state index is 0.256. The van der Waals surface area contributed by atoms with Gasteiger partial charge in [-0.3, -0.25) is 9.59 Å². The van der Waals surface area contributed by atoms with Crippen LogP contribution in [0, 0.1) is 0 Å². The van der Waals surface area contributed by atoms with E-state index >= 15 is 0 Å². The number of carbonyl (C=O) groups is 2. The minimum Gasteiger partial charge on any atom is -0.480 e. The fourth-order valence-corrected chi connectivity index (χ4v) is 1.50. The molecular formula is C11H14N2O4. The van der Waals surface area contributed by atoms with Crippen molar-refractivity contribution >= 4 is 11.9 Å². The maximum Gasteiger partial charge on any atom is 0.326 e. The number of nitrogens with one attached hydrogen (secondary N) is 1. The molecule has 0 aliphatic rings. The SMILES string of the molecule is CCC(C(=O)O)N(C)C(=O)c1ccc(=O)[nH]c1. The first-order valence-electron chi connectivity index (χ1n) is 5.16. The van der Waals surface area contributed by atoms with Gasteiger partial charge in [0.2, 0.25) is 5.56 Å². The molecule has 0 saturated heterocycles. The van der Waals surface area contributed by atoms with Crippen LogP contribution in [-0.2, 0) is 4.79 Å². The molecule has 1 rings (SSSR count). The summed E-state index contributed by atoms with van der Waals surface area (Å²) in [5.74, 6) is -1.48. The van der Waals surface area contributed by atoms with Crippen LogP contribution in [0.5, 0.6) is 0 Å². The number of carboxylic acid groups (broad SMARTS) is 1. The molecule has 0 aromatic carbocycles. The number of hydrogen-bond donors (Lipinski definition) is 2. The number of amides is 1. The summed E-state index contributed by atoms with van der Waals surface area (Å²) in [5, 5.41) is 8.93. The van der Waals surface area contributed by atoms with Crippen LogP contribution >= 0.6 is 0 Å². The molecule has 0 aliphatic carbocycles. The fourth-order valence-electron chi connectivity index (χ4n) is 1.50. The van der Waals surface area contributed by atoms with Crippen LogP contribution in [0.1, 0.15) is 23.7 Å². The Morgan fingerprint density at radius 3 is 2.53 bits per heavy atom. The molecule has 1 atom stereocenters. The monoisotopic (exact) mass is 238 g/mol. The lowest BCUT2D eigenvalue weighted by Crippen LogP contribution is -2.42. The quantitative estimate of drug-likeness (QED) is 0.789. The summed E-state index contributed by atoms with van der Waals surface area (Å²) in [6.45, 7) is 1.69. The topological polar surface area (TPSA) is 90.5 Å². The van der Waals surface area contributed by atoms with Gasteiger partial charge >= 0.3 is 5.97 Å². The van der Waals surface area contributed by atoms with E-state index in [4.69, 9.17) is 5.11 Å². The molecule has 1 amide bonds. The first-order chi connectivity index (χ1) is 7.97. The molecule has 1 unspecified atom stereocenters. The van der Waals surface area contributed by atoms with Crippen molar-refractivity contribution in [3.05, 3.63) is 34.2 Å². The van der Waals surface area contributed by atoms with Crippen molar-refractivity contribution in [2.75, 3.05) is 7.05 Å². The van der Waals surface area contributed by atoms with E-state index in [2.05, 4.69) is 4.98 Å². The zero-order valence-corrected chi connectivity index (χ0v) is 9.64. The highest BCUT2D eigenvalue weighted by molar-refractivity contribution is 5.96. The highest BCUT2D eigenvalue weighted by Crippen LogP contribution is 2.07. The highest BCUT2D eigenvalue weighted by Gasteiger charge is 2.25. The van der Waals surface area contributed by atoms with E-state index in [0.717, 1.165) is 4.90 Å². The highest BCUT2D eigenvalue weighted by atomic mass is 16.4. The maximum absolute atomic E-state index is 11.9. The van der Waals surface area contributed by atoms with Crippen molar-refractivity contribution in [2.45, 2.75) is 19.4 Å². The number of aliphatic carboxylic acids is 1. The van der Waals surface area contributed by atoms with Crippen molar-refractivity contribution < 1.29 is 14.7 Å². The van der Waals surface area contributed by atoms with Gasteiger partial charge in [0.1, 0.15) is 6.04 Å². The van der Waals surface area contributed by atoms with Gasteiger partial charge in [0.15, 0.2) is 0 Å². The number of carboxylic acids is 1. The third-order valence-corrected chi connectivity index (χ3v) is 2.49. The molecule has 6 nitrogen and oxygen atoms in total. The van der Waals surface area contributed by atoms with Crippen molar-refractivity contribution in [1.29, 1.82) is 0 Å². The van der Waals surface area contributed by atoms with Crippen LogP contribution in [0.4, 0.5) is 0 Å². The molecule has 0 spiro atoms. The van der Waals surface area contributed by atoms with Crippen LogP contribution in [0.15, 0.2) is 23.1 Å². The Kier molecular flexibility index (Phi) is 4.03. The molecule has 0 saturated carbocycles. The van der Waals surface area contributed by atoms with Crippen LogP contribution in [-0.4, -0.2) is 40.0 Å². The van der Waals surface area contributed by atoms with Gasteiger partial charge in [-0.05, 0) is 12.5 Å². The second kappa shape index (κ2) is 5.29. The molecule has 0 radical (unpaired) electrons. The lowest BCUT2D eigenvalue weighted by molar-refractivity contribution is -0.142.